The molecule has 3 rings (SSSR count). The Morgan fingerprint density at radius 3 is 2.67 bits per heavy atom. The summed E-state index contributed by atoms with van der Waals surface area (Å²) in [6.45, 7) is 0.172. The van der Waals surface area contributed by atoms with Gasteiger partial charge in [-0.3, -0.25) is 4.79 Å². The van der Waals surface area contributed by atoms with Gasteiger partial charge in [0.1, 0.15) is 6.61 Å². The SMILES string of the molecule is C#CCOc1ccc(C2CCCCC2NC(=O)C(O)c2ccc(Br)cc2)cc1OC. The number of terminal acetylenes is 1. The number of methoxy groups -OCH3 is 1. The van der Waals surface area contributed by atoms with Crippen LogP contribution >= 0.6 is 15.9 Å². The second kappa shape index (κ2) is 10.5. The normalized spacial score (nSPS) is 19.4. The Hall–Kier alpha value is -2.49. The highest BCUT2D eigenvalue weighted by Crippen LogP contribution is 2.38. The number of nitrogens with one attached hydrogen (secondary N) is 1. The Morgan fingerprint density at radius 1 is 1.23 bits per heavy atom. The molecule has 3 unspecified atom stereocenters. The molecule has 6 heteroatoms. The van der Waals surface area contributed by atoms with E-state index in [0.717, 1.165) is 35.7 Å². The first-order valence-electron chi connectivity index (χ1n) is 10.0. The van der Waals surface area contributed by atoms with Gasteiger partial charge >= 0.3 is 0 Å². The number of carbonyl (C=O) groups excluding carboxylic acids is 1. The van der Waals surface area contributed by atoms with Gasteiger partial charge < -0.3 is 19.9 Å². The van der Waals surface area contributed by atoms with E-state index in [9.17, 15) is 9.90 Å². The third-order valence-corrected chi connectivity index (χ3v) is 5.98. The molecular formula is C24H26BrNO4. The fraction of sp³-hybridized carbons (Fsp3) is 0.375. The topological polar surface area (TPSA) is 67.8 Å². The largest absolute Gasteiger partial charge is 0.493 e. The fourth-order valence-electron chi connectivity index (χ4n) is 3.91. The van der Waals surface area contributed by atoms with E-state index in [4.69, 9.17) is 15.9 Å². The molecule has 0 heterocycles. The number of halogens is 1. The maximum atomic E-state index is 12.7. The molecule has 5 nitrogen and oxygen atoms in total. The van der Waals surface area contributed by atoms with Crippen LogP contribution in [-0.2, 0) is 4.79 Å². The molecule has 1 aliphatic carbocycles. The van der Waals surface area contributed by atoms with Crippen molar-refractivity contribution in [3.63, 3.8) is 0 Å². The predicted octanol–water partition coefficient (Wildman–Crippen LogP) is 4.35. The summed E-state index contributed by atoms with van der Waals surface area (Å²) in [4.78, 5) is 12.7. The van der Waals surface area contributed by atoms with Gasteiger partial charge in [0.2, 0.25) is 0 Å². The average molecular weight is 472 g/mol. The van der Waals surface area contributed by atoms with E-state index in [1.165, 1.54) is 0 Å². The van der Waals surface area contributed by atoms with Gasteiger partial charge in [0.05, 0.1) is 7.11 Å². The summed E-state index contributed by atoms with van der Waals surface area (Å²) in [5, 5.41) is 13.6. The average Bonchev–Trinajstić information content (AvgIpc) is 2.78. The van der Waals surface area contributed by atoms with Gasteiger partial charge in [-0.25, -0.2) is 0 Å². The minimum absolute atomic E-state index is 0.0569. The van der Waals surface area contributed by atoms with Crippen LogP contribution in [0.5, 0.6) is 11.5 Å². The molecule has 1 amide bonds. The van der Waals surface area contributed by atoms with E-state index in [2.05, 4.69) is 27.2 Å². The highest BCUT2D eigenvalue weighted by molar-refractivity contribution is 9.10. The summed E-state index contributed by atoms with van der Waals surface area (Å²) in [5.74, 6) is 3.42. The smallest absolute Gasteiger partial charge is 0.253 e. The zero-order chi connectivity index (χ0) is 21.5. The lowest BCUT2D eigenvalue weighted by Crippen LogP contribution is -2.43. The molecule has 2 aromatic carbocycles. The van der Waals surface area contributed by atoms with Crippen LogP contribution in [0.1, 0.15) is 48.8 Å². The first-order valence-corrected chi connectivity index (χ1v) is 10.8. The van der Waals surface area contributed by atoms with Crippen molar-refractivity contribution >= 4 is 21.8 Å². The van der Waals surface area contributed by atoms with Crippen molar-refractivity contribution < 1.29 is 19.4 Å². The van der Waals surface area contributed by atoms with Gasteiger partial charge in [0.15, 0.2) is 17.6 Å². The van der Waals surface area contributed by atoms with E-state index in [1.54, 1.807) is 19.2 Å². The van der Waals surface area contributed by atoms with Gasteiger partial charge in [-0.2, -0.15) is 0 Å². The first-order chi connectivity index (χ1) is 14.5. The predicted molar refractivity (Wildman–Crippen MR) is 120 cm³/mol. The van der Waals surface area contributed by atoms with E-state index in [-0.39, 0.29) is 24.5 Å². The van der Waals surface area contributed by atoms with Crippen LogP contribution in [0.2, 0.25) is 0 Å². The number of rotatable bonds is 7. The highest BCUT2D eigenvalue weighted by atomic mass is 79.9. The quantitative estimate of drug-likeness (QED) is 0.589. The molecule has 0 radical (unpaired) electrons. The number of amides is 1. The van der Waals surface area contributed by atoms with Crippen LogP contribution in [0.4, 0.5) is 0 Å². The number of aliphatic hydroxyl groups is 1. The zero-order valence-corrected chi connectivity index (χ0v) is 18.5. The van der Waals surface area contributed by atoms with Crippen LogP contribution in [0.25, 0.3) is 0 Å². The summed E-state index contributed by atoms with van der Waals surface area (Å²) in [7, 11) is 1.59. The maximum absolute atomic E-state index is 12.7. The third kappa shape index (κ3) is 5.35. The molecule has 1 fully saturated rings. The van der Waals surface area contributed by atoms with Crippen molar-refractivity contribution in [3.05, 3.63) is 58.1 Å². The Morgan fingerprint density at radius 2 is 1.97 bits per heavy atom. The van der Waals surface area contributed by atoms with Crippen molar-refractivity contribution in [3.8, 4) is 23.8 Å². The molecule has 30 heavy (non-hydrogen) atoms. The van der Waals surface area contributed by atoms with Crippen molar-refractivity contribution in [2.45, 2.75) is 43.7 Å². The molecule has 158 valence electrons. The molecule has 0 saturated heterocycles. The molecule has 0 aliphatic heterocycles. The van der Waals surface area contributed by atoms with Crippen molar-refractivity contribution in [1.82, 2.24) is 5.32 Å². The summed E-state index contributed by atoms with van der Waals surface area (Å²) in [6.07, 6.45) is 8.01. The molecule has 0 spiro atoms. The number of hydrogen-bond acceptors (Lipinski definition) is 4. The lowest BCUT2D eigenvalue weighted by Gasteiger charge is -2.33. The van der Waals surface area contributed by atoms with Gasteiger partial charge in [-0.05, 0) is 48.2 Å². The Balaban J connectivity index is 1.75. The number of hydrogen-bond donors (Lipinski definition) is 2. The minimum Gasteiger partial charge on any atom is -0.493 e. The zero-order valence-electron chi connectivity index (χ0n) is 16.9. The van der Waals surface area contributed by atoms with Gasteiger partial charge in [0.25, 0.3) is 5.91 Å². The first kappa shape index (κ1) is 22.2. The lowest BCUT2D eigenvalue weighted by atomic mass is 9.79. The van der Waals surface area contributed by atoms with Crippen molar-refractivity contribution in [1.29, 1.82) is 0 Å². The van der Waals surface area contributed by atoms with E-state index in [1.807, 2.05) is 30.3 Å². The number of benzene rings is 2. The van der Waals surface area contributed by atoms with E-state index >= 15 is 0 Å². The molecule has 2 N–H and O–H groups in total. The van der Waals surface area contributed by atoms with Crippen LogP contribution < -0.4 is 14.8 Å². The molecule has 3 atom stereocenters. The van der Waals surface area contributed by atoms with Gasteiger partial charge in [0, 0.05) is 16.4 Å². The monoisotopic (exact) mass is 471 g/mol. The fourth-order valence-corrected chi connectivity index (χ4v) is 4.18. The van der Waals surface area contributed by atoms with Crippen LogP contribution in [0.3, 0.4) is 0 Å². The number of aliphatic hydroxyl groups excluding tert-OH is 1. The summed E-state index contributed by atoms with van der Waals surface area (Å²) >= 11 is 3.36. The van der Waals surface area contributed by atoms with Crippen LogP contribution in [0, 0.1) is 12.3 Å². The molecule has 2 aromatic rings. The molecule has 0 aromatic heterocycles. The van der Waals surface area contributed by atoms with E-state index in [0.29, 0.717) is 17.1 Å². The Bertz CT molecular complexity index is 906. The summed E-state index contributed by atoms with van der Waals surface area (Å²) in [5.41, 5.74) is 1.64. The molecule has 0 bridgehead atoms. The highest BCUT2D eigenvalue weighted by Gasteiger charge is 2.30. The van der Waals surface area contributed by atoms with Crippen LogP contribution in [0.15, 0.2) is 46.9 Å². The number of carbonyl (C=O) groups is 1. The van der Waals surface area contributed by atoms with Gasteiger partial charge in [-0.1, -0.05) is 52.9 Å². The summed E-state index contributed by atoms with van der Waals surface area (Å²) < 4.78 is 11.9. The second-order valence-electron chi connectivity index (χ2n) is 7.36. The Labute approximate surface area is 185 Å². The second-order valence-corrected chi connectivity index (χ2v) is 8.28. The van der Waals surface area contributed by atoms with Crippen molar-refractivity contribution in [2.75, 3.05) is 13.7 Å². The Kier molecular flexibility index (Phi) is 7.78. The molecule has 1 aliphatic rings. The summed E-state index contributed by atoms with van der Waals surface area (Å²) in [6, 6.07) is 12.9. The van der Waals surface area contributed by atoms with E-state index < -0.39 is 6.10 Å². The molecular weight excluding hydrogens is 446 g/mol. The third-order valence-electron chi connectivity index (χ3n) is 5.45. The number of ether oxygens (including phenoxy) is 2. The minimum atomic E-state index is -1.20. The van der Waals surface area contributed by atoms with Gasteiger partial charge in [-0.15, -0.1) is 6.42 Å². The lowest BCUT2D eigenvalue weighted by molar-refractivity contribution is -0.130. The van der Waals surface area contributed by atoms with Crippen molar-refractivity contribution in [2.24, 2.45) is 0 Å². The maximum Gasteiger partial charge on any atom is 0.253 e. The van der Waals surface area contributed by atoms with Crippen LogP contribution in [-0.4, -0.2) is 30.8 Å². The standard InChI is InChI=1S/C24H26BrNO4/c1-3-14-30-21-13-10-17(15-22(21)29-2)19-6-4-5-7-20(19)26-24(28)23(27)16-8-11-18(25)12-9-16/h1,8-13,15,19-20,23,27H,4-7,14H2,2H3,(H,26,28). The molecule has 1 saturated carbocycles.